The molecule has 4 rings (SSSR count). The fourth-order valence-electron chi connectivity index (χ4n) is 4.44. The number of aromatic nitrogens is 1. The number of rotatable bonds is 5. The Hall–Kier alpha value is -2.10. The molecule has 0 aliphatic carbocycles. The van der Waals surface area contributed by atoms with Crippen LogP contribution in [0.15, 0.2) is 54.7 Å². The van der Waals surface area contributed by atoms with Crippen molar-refractivity contribution >= 4 is 10.9 Å². The molecule has 1 fully saturated rings. The average molecular weight is 348 g/mol. The zero-order valence-electron chi connectivity index (χ0n) is 15.6. The third kappa shape index (κ3) is 3.55. The molecule has 2 heterocycles. The Kier molecular flexibility index (Phi) is 5.09. The first-order chi connectivity index (χ1) is 12.7. The fraction of sp³-hybridized carbons (Fsp3) is 0.391. The van der Waals surface area contributed by atoms with Crippen LogP contribution in [0.3, 0.4) is 0 Å². The van der Waals surface area contributed by atoms with Crippen LogP contribution in [0, 0.1) is 12.8 Å². The van der Waals surface area contributed by atoms with Crippen molar-refractivity contribution in [3.05, 3.63) is 71.4 Å². The summed E-state index contributed by atoms with van der Waals surface area (Å²) in [5, 5.41) is 1.34. The van der Waals surface area contributed by atoms with Crippen LogP contribution in [-0.2, 0) is 6.54 Å². The lowest BCUT2D eigenvalue weighted by molar-refractivity contribution is 0.163. The maximum Gasteiger partial charge on any atom is 0.0456 e. The van der Waals surface area contributed by atoms with Crippen LogP contribution in [0.2, 0.25) is 0 Å². The summed E-state index contributed by atoms with van der Waals surface area (Å²) in [7, 11) is 0. The molecule has 26 heavy (non-hydrogen) atoms. The van der Waals surface area contributed by atoms with E-state index in [0.29, 0.717) is 11.8 Å². The molecule has 1 saturated heterocycles. The maximum atomic E-state index is 6.23. The highest BCUT2D eigenvalue weighted by Crippen LogP contribution is 2.35. The Morgan fingerprint density at radius 1 is 1.08 bits per heavy atom. The molecular weight excluding hydrogens is 318 g/mol. The minimum atomic E-state index is 0.452. The summed E-state index contributed by atoms with van der Waals surface area (Å²) in [5.41, 5.74) is 11.6. The largest absolute Gasteiger partial charge is 0.361 e. The van der Waals surface area contributed by atoms with Crippen molar-refractivity contribution in [2.45, 2.75) is 32.2 Å². The Balaban J connectivity index is 1.42. The summed E-state index contributed by atoms with van der Waals surface area (Å²) in [6.07, 6.45) is 4.64. The van der Waals surface area contributed by atoms with E-state index in [1.54, 1.807) is 0 Å². The van der Waals surface area contributed by atoms with Gasteiger partial charge in [0.25, 0.3) is 0 Å². The summed E-state index contributed by atoms with van der Waals surface area (Å²) in [4.78, 5) is 6.01. The molecule has 1 aromatic heterocycles. The highest BCUT2D eigenvalue weighted by Gasteiger charge is 2.28. The van der Waals surface area contributed by atoms with Crippen LogP contribution in [0.4, 0.5) is 0 Å². The van der Waals surface area contributed by atoms with Gasteiger partial charge in [0.1, 0.15) is 0 Å². The molecule has 136 valence electrons. The van der Waals surface area contributed by atoms with E-state index >= 15 is 0 Å². The van der Waals surface area contributed by atoms with Crippen LogP contribution < -0.4 is 5.73 Å². The van der Waals surface area contributed by atoms with Gasteiger partial charge in [-0.25, -0.2) is 0 Å². The highest BCUT2D eigenvalue weighted by molar-refractivity contribution is 5.83. The number of H-pyrrole nitrogens is 1. The summed E-state index contributed by atoms with van der Waals surface area (Å²) >= 11 is 0. The Morgan fingerprint density at radius 2 is 1.81 bits per heavy atom. The number of benzene rings is 2. The van der Waals surface area contributed by atoms with Gasteiger partial charge in [0.2, 0.25) is 0 Å². The van der Waals surface area contributed by atoms with Crippen LogP contribution in [0.25, 0.3) is 10.9 Å². The number of likely N-dealkylation sites (tertiary alicyclic amines) is 1. The molecular formula is C23H29N3. The monoisotopic (exact) mass is 347 g/mol. The molecule has 1 aliphatic rings. The highest BCUT2D eigenvalue weighted by atomic mass is 15.1. The van der Waals surface area contributed by atoms with Crippen molar-refractivity contribution in [2.24, 2.45) is 11.7 Å². The second kappa shape index (κ2) is 7.65. The number of hydrogen-bond donors (Lipinski definition) is 2. The van der Waals surface area contributed by atoms with Crippen molar-refractivity contribution in [3.8, 4) is 0 Å². The number of nitrogens with one attached hydrogen (secondary N) is 1. The van der Waals surface area contributed by atoms with Crippen molar-refractivity contribution in [2.75, 3.05) is 19.6 Å². The molecule has 1 unspecified atom stereocenters. The van der Waals surface area contributed by atoms with Crippen LogP contribution in [0.5, 0.6) is 0 Å². The van der Waals surface area contributed by atoms with Gasteiger partial charge >= 0.3 is 0 Å². The minimum absolute atomic E-state index is 0.452. The quantitative estimate of drug-likeness (QED) is 0.717. The predicted octanol–water partition coefficient (Wildman–Crippen LogP) is 4.43. The third-order valence-electron chi connectivity index (χ3n) is 6.00. The maximum absolute atomic E-state index is 6.23. The Morgan fingerprint density at radius 3 is 2.54 bits per heavy atom. The molecule has 0 spiro atoms. The van der Waals surface area contributed by atoms with Crippen molar-refractivity contribution in [1.82, 2.24) is 9.88 Å². The first-order valence-corrected chi connectivity index (χ1v) is 9.78. The third-order valence-corrected chi connectivity index (χ3v) is 6.00. The van der Waals surface area contributed by atoms with Crippen LogP contribution in [-0.4, -0.2) is 29.5 Å². The van der Waals surface area contributed by atoms with Crippen molar-refractivity contribution in [1.29, 1.82) is 0 Å². The van der Waals surface area contributed by atoms with Gasteiger partial charge in [-0.1, -0.05) is 48.0 Å². The molecule has 0 amide bonds. The van der Waals surface area contributed by atoms with Crippen LogP contribution >= 0.6 is 0 Å². The van der Waals surface area contributed by atoms with Gasteiger partial charge in [-0.05, 0) is 62.5 Å². The molecule has 3 N–H and O–H groups in total. The van der Waals surface area contributed by atoms with E-state index < -0.39 is 0 Å². The second-order valence-electron chi connectivity index (χ2n) is 7.73. The van der Waals surface area contributed by atoms with Crippen molar-refractivity contribution in [3.63, 3.8) is 0 Å². The summed E-state index contributed by atoms with van der Waals surface area (Å²) in [6, 6.07) is 17.5. The summed E-state index contributed by atoms with van der Waals surface area (Å²) in [6.45, 7) is 6.26. The molecule has 1 atom stereocenters. The Labute approximate surface area is 156 Å². The number of aryl methyl sites for hydroxylation is 1. The number of para-hydroxylation sites is 1. The molecule has 0 bridgehead atoms. The van der Waals surface area contributed by atoms with E-state index in [4.69, 9.17) is 5.73 Å². The van der Waals surface area contributed by atoms with Gasteiger partial charge in [-0.3, -0.25) is 4.90 Å². The number of fused-ring (bicyclic) bond motifs is 1. The topological polar surface area (TPSA) is 45.0 Å². The molecule has 3 aromatic rings. The first kappa shape index (κ1) is 17.3. The van der Waals surface area contributed by atoms with Gasteiger partial charge < -0.3 is 10.7 Å². The smallest absolute Gasteiger partial charge is 0.0456 e. The van der Waals surface area contributed by atoms with E-state index in [-0.39, 0.29) is 0 Å². The van der Waals surface area contributed by atoms with E-state index in [1.165, 1.54) is 40.4 Å². The average Bonchev–Trinajstić information content (AvgIpc) is 3.10. The number of aromatic amines is 1. The van der Waals surface area contributed by atoms with E-state index in [1.807, 2.05) is 0 Å². The Bertz CT molecular complexity index is 841. The first-order valence-electron chi connectivity index (χ1n) is 9.78. The molecule has 3 nitrogen and oxygen atoms in total. The molecule has 2 aromatic carbocycles. The lowest BCUT2D eigenvalue weighted by atomic mass is 9.80. The SMILES string of the molecule is Cc1ccc(CN2CCC(C(CN)c3c[nH]c4ccccc34)CC2)cc1. The zero-order valence-corrected chi connectivity index (χ0v) is 15.6. The number of nitrogens with zero attached hydrogens (tertiary/aromatic N) is 1. The number of hydrogen-bond acceptors (Lipinski definition) is 2. The normalized spacial score (nSPS) is 17.6. The summed E-state index contributed by atoms with van der Waals surface area (Å²) in [5.74, 6) is 1.13. The molecule has 1 aliphatic heterocycles. The van der Waals surface area contributed by atoms with E-state index in [0.717, 1.165) is 26.2 Å². The van der Waals surface area contributed by atoms with Gasteiger partial charge in [-0.2, -0.15) is 0 Å². The van der Waals surface area contributed by atoms with E-state index in [2.05, 4.69) is 71.5 Å². The van der Waals surface area contributed by atoms with Gasteiger partial charge in [-0.15, -0.1) is 0 Å². The van der Waals surface area contributed by atoms with E-state index in [9.17, 15) is 0 Å². The fourth-order valence-corrected chi connectivity index (χ4v) is 4.44. The number of piperidine rings is 1. The van der Waals surface area contributed by atoms with Gasteiger partial charge in [0.15, 0.2) is 0 Å². The lowest BCUT2D eigenvalue weighted by Gasteiger charge is -2.36. The molecule has 3 heteroatoms. The lowest BCUT2D eigenvalue weighted by Crippen LogP contribution is -2.36. The van der Waals surface area contributed by atoms with Crippen molar-refractivity contribution < 1.29 is 0 Å². The predicted molar refractivity (Wildman–Crippen MR) is 109 cm³/mol. The summed E-state index contributed by atoms with van der Waals surface area (Å²) < 4.78 is 0. The van der Waals surface area contributed by atoms with Crippen LogP contribution in [0.1, 0.15) is 35.4 Å². The zero-order chi connectivity index (χ0) is 17.9. The second-order valence-corrected chi connectivity index (χ2v) is 7.73. The number of nitrogens with two attached hydrogens (primary N) is 1. The van der Waals surface area contributed by atoms with Gasteiger partial charge in [0.05, 0.1) is 0 Å². The standard InChI is InChI=1S/C23H29N3/c1-17-6-8-18(9-7-17)16-26-12-10-19(11-13-26)21(14-24)22-15-25-23-5-3-2-4-20(22)23/h2-9,15,19,21,25H,10-14,16,24H2,1H3. The van der Waals surface area contributed by atoms with Gasteiger partial charge in [0, 0.05) is 29.6 Å². The minimum Gasteiger partial charge on any atom is -0.361 e. The molecule has 0 radical (unpaired) electrons. The molecule has 0 saturated carbocycles.